The van der Waals surface area contributed by atoms with Gasteiger partial charge in [0, 0.05) is 0 Å². The Balaban J connectivity index is 0.000000963. The van der Waals surface area contributed by atoms with Gasteiger partial charge >= 0.3 is 18.9 Å². The van der Waals surface area contributed by atoms with Crippen molar-refractivity contribution in [1.29, 1.82) is 0 Å². The fourth-order valence-electron chi connectivity index (χ4n) is 4.91. The molecule has 0 aromatic rings. The van der Waals surface area contributed by atoms with E-state index in [9.17, 15) is 0 Å². The summed E-state index contributed by atoms with van der Waals surface area (Å²) < 4.78 is 0. The van der Waals surface area contributed by atoms with E-state index < -0.39 is 8.24 Å². The Morgan fingerprint density at radius 2 is 1.25 bits per heavy atom. The van der Waals surface area contributed by atoms with Crippen molar-refractivity contribution in [2.24, 2.45) is 17.8 Å². The van der Waals surface area contributed by atoms with Gasteiger partial charge in [0.15, 0.2) is 0 Å². The van der Waals surface area contributed by atoms with Crippen LogP contribution in [0.25, 0.3) is 4.98 Å². The van der Waals surface area contributed by atoms with Crippen LogP contribution >= 0.6 is 0 Å². The summed E-state index contributed by atoms with van der Waals surface area (Å²) in [4.78, 5) is 5.34. The quantitative estimate of drug-likeness (QED) is 0.631. The van der Waals surface area contributed by atoms with E-state index in [1.54, 1.807) is 19.3 Å². The maximum atomic E-state index is 5.34. The molecule has 0 N–H and O–H groups in total. The molecule has 0 radical (unpaired) electrons. The van der Waals surface area contributed by atoms with Crippen LogP contribution in [0.15, 0.2) is 0 Å². The van der Waals surface area contributed by atoms with Crippen molar-refractivity contribution in [3.05, 3.63) is 4.98 Å². The third-order valence-electron chi connectivity index (χ3n) is 4.58. The molecule has 4 aliphatic rings. The standard InChI is InChI=1S/C13H24NSi.Li/c1-15(2,3)14-13-7-10-4-11(8-13)6-12(5-10)9-13;/h10-12H,4-9H2,1-3H3;/q-1;+1. The zero-order valence-corrected chi connectivity index (χ0v) is 12.4. The van der Waals surface area contributed by atoms with Gasteiger partial charge in [0.05, 0.1) is 0 Å². The Morgan fingerprint density at radius 1 is 0.875 bits per heavy atom. The largest absolute Gasteiger partial charge is 1.00 e. The third-order valence-corrected chi connectivity index (χ3v) is 5.72. The molecule has 4 aliphatic carbocycles. The fraction of sp³-hybridized carbons (Fsp3) is 1.00. The van der Waals surface area contributed by atoms with Crippen LogP contribution in [0.2, 0.25) is 19.6 Å². The summed E-state index contributed by atoms with van der Waals surface area (Å²) in [6, 6.07) is 0. The normalized spacial score (nSPS) is 45.6. The van der Waals surface area contributed by atoms with Crippen molar-refractivity contribution in [2.75, 3.05) is 0 Å². The number of nitrogens with zero attached hydrogens (tertiary/aromatic N) is 1. The van der Waals surface area contributed by atoms with Crippen LogP contribution in [0, 0.1) is 17.8 Å². The van der Waals surface area contributed by atoms with Gasteiger partial charge in [-0.2, -0.15) is 0 Å². The van der Waals surface area contributed by atoms with Crippen LogP contribution < -0.4 is 18.9 Å². The Morgan fingerprint density at radius 3 is 1.56 bits per heavy atom. The first-order valence-corrected chi connectivity index (χ1v) is 10.1. The summed E-state index contributed by atoms with van der Waals surface area (Å²) in [6.07, 6.45) is 8.97. The molecule has 4 rings (SSSR count). The molecule has 4 fully saturated rings. The zero-order chi connectivity index (χ0) is 10.7. The van der Waals surface area contributed by atoms with Crippen LogP contribution in [-0.2, 0) is 0 Å². The first-order chi connectivity index (χ1) is 6.94. The predicted octanol–water partition coefficient (Wildman–Crippen LogP) is 1.17. The van der Waals surface area contributed by atoms with E-state index in [1.807, 2.05) is 0 Å². The van der Waals surface area contributed by atoms with E-state index in [0.717, 1.165) is 17.8 Å². The van der Waals surface area contributed by atoms with Gasteiger partial charge in [-0.05, 0) is 37.0 Å². The first-order valence-electron chi connectivity index (χ1n) is 6.68. The summed E-state index contributed by atoms with van der Waals surface area (Å²) in [7, 11) is -1.22. The minimum absolute atomic E-state index is 0. The monoisotopic (exact) mass is 229 g/mol. The van der Waals surface area contributed by atoms with Gasteiger partial charge in [0.25, 0.3) is 0 Å². The molecular weight excluding hydrogens is 205 g/mol. The van der Waals surface area contributed by atoms with E-state index in [2.05, 4.69) is 19.6 Å². The number of rotatable bonds is 2. The van der Waals surface area contributed by atoms with Crippen molar-refractivity contribution >= 4 is 8.24 Å². The van der Waals surface area contributed by atoms with Gasteiger partial charge in [0.1, 0.15) is 0 Å². The van der Waals surface area contributed by atoms with E-state index in [4.69, 9.17) is 4.98 Å². The van der Waals surface area contributed by atoms with Crippen LogP contribution in [-0.4, -0.2) is 13.8 Å². The Kier molecular flexibility index (Phi) is 3.43. The SMILES string of the molecule is C[Si](C)(C)[N-]C12CC3CC(CC(C3)C1)C2.[Li+]. The molecule has 0 aromatic carbocycles. The van der Waals surface area contributed by atoms with Crippen molar-refractivity contribution in [3.63, 3.8) is 0 Å². The van der Waals surface area contributed by atoms with Gasteiger partial charge in [-0.15, -0.1) is 5.54 Å². The van der Waals surface area contributed by atoms with Crippen molar-refractivity contribution in [3.8, 4) is 0 Å². The third kappa shape index (κ3) is 2.46. The van der Waals surface area contributed by atoms with Gasteiger partial charge in [0.2, 0.25) is 0 Å². The van der Waals surface area contributed by atoms with Gasteiger partial charge < -0.3 is 4.98 Å². The van der Waals surface area contributed by atoms with E-state index in [-0.39, 0.29) is 18.9 Å². The molecule has 0 amide bonds. The fourth-order valence-corrected chi connectivity index (χ4v) is 6.61. The molecule has 1 nitrogen and oxygen atoms in total. The van der Waals surface area contributed by atoms with Crippen LogP contribution in [0.4, 0.5) is 0 Å². The summed E-state index contributed by atoms with van der Waals surface area (Å²) >= 11 is 0. The zero-order valence-electron chi connectivity index (χ0n) is 11.4. The smallest absolute Gasteiger partial charge is 0.659 e. The molecule has 16 heavy (non-hydrogen) atoms. The van der Waals surface area contributed by atoms with Crippen molar-refractivity contribution in [2.45, 2.75) is 63.7 Å². The van der Waals surface area contributed by atoms with Gasteiger partial charge in [-0.3, -0.25) is 0 Å². The average molecular weight is 229 g/mol. The second-order valence-electron chi connectivity index (χ2n) is 7.42. The second kappa shape index (κ2) is 4.16. The molecule has 4 bridgehead atoms. The van der Waals surface area contributed by atoms with Gasteiger partial charge in [-0.1, -0.05) is 47.1 Å². The second-order valence-corrected chi connectivity index (χ2v) is 12.0. The molecule has 4 saturated carbocycles. The van der Waals surface area contributed by atoms with Crippen molar-refractivity contribution < 1.29 is 18.9 Å². The Labute approximate surface area is 113 Å². The Bertz CT molecular complexity index is 236. The minimum atomic E-state index is -1.22. The first kappa shape index (κ1) is 13.2. The molecule has 0 unspecified atom stereocenters. The molecule has 3 heteroatoms. The van der Waals surface area contributed by atoms with E-state index in [0.29, 0.717) is 5.54 Å². The van der Waals surface area contributed by atoms with Gasteiger partial charge in [-0.25, -0.2) is 0 Å². The maximum absolute atomic E-state index is 5.34. The minimum Gasteiger partial charge on any atom is -0.659 e. The molecule has 0 aromatic heterocycles. The Hall–Kier alpha value is 0.774. The summed E-state index contributed by atoms with van der Waals surface area (Å²) in [5.74, 6) is 3.16. The number of hydrogen-bond acceptors (Lipinski definition) is 0. The number of hydrogen-bond donors (Lipinski definition) is 0. The summed E-state index contributed by atoms with van der Waals surface area (Å²) in [5, 5.41) is 0. The van der Waals surface area contributed by atoms with Crippen molar-refractivity contribution in [1.82, 2.24) is 0 Å². The molecule has 0 saturated heterocycles. The molecule has 0 aliphatic heterocycles. The topological polar surface area (TPSA) is 14.1 Å². The molecule has 0 spiro atoms. The van der Waals surface area contributed by atoms with E-state index in [1.165, 1.54) is 19.3 Å². The van der Waals surface area contributed by atoms with E-state index >= 15 is 0 Å². The summed E-state index contributed by atoms with van der Waals surface area (Å²) in [6.45, 7) is 7.22. The van der Waals surface area contributed by atoms with Crippen LogP contribution in [0.5, 0.6) is 0 Å². The molecule has 0 atom stereocenters. The van der Waals surface area contributed by atoms with Crippen LogP contribution in [0.3, 0.4) is 0 Å². The maximum Gasteiger partial charge on any atom is 1.00 e. The molecule has 0 heterocycles. The summed E-state index contributed by atoms with van der Waals surface area (Å²) in [5.41, 5.74) is 0.471. The van der Waals surface area contributed by atoms with Crippen LogP contribution in [0.1, 0.15) is 38.5 Å². The molecular formula is C13H24LiNSi. The molecule has 86 valence electrons. The average Bonchev–Trinajstić information content (AvgIpc) is 1.94. The predicted molar refractivity (Wildman–Crippen MR) is 67.6 cm³/mol.